The summed E-state index contributed by atoms with van der Waals surface area (Å²) in [6, 6.07) is 28.5. The maximum Gasteiger partial charge on any atom is 0.268 e. The average molecular weight is 1180 g/mol. The summed E-state index contributed by atoms with van der Waals surface area (Å²) in [5, 5.41) is 1.83. The molecule has 1 aliphatic heterocycles. The number of imidazole rings is 1. The van der Waals surface area contributed by atoms with E-state index in [1.807, 2.05) is 47.0 Å². The van der Waals surface area contributed by atoms with Gasteiger partial charge in [-0.25, -0.2) is 4.98 Å². The largest absolute Gasteiger partial charge is 0.510 e. The van der Waals surface area contributed by atoms with E-state index < -0.39 is 97.7 Å². The van der Waals surface area contributed by atoms with Gasteiger partial charge >= 0.3 is 0 Å². The van der Waals surface area contributed by atoms with Crippen molar-refractivity contribution in [3.05, 3.63) is 235 Å². The fraction of sp³-hybridized carbons (Fsp3) is 0.143. The molecule has 4 heterocycles. The maximum atomic E-state index is 9.94. The number of ether oxygens (including phenoxy) is 1. The Hall–Kier alpha value is -8.11. The number of aromatic nitrogens is 4. The second-order valence-corrected chi connectivity index (χ2v) is 20.6. The minimum absolute atomic E-state index is 0. The van der Waals surface area contributed by atoms with Gasteiger partial charge < -0.3 is 13.9 Å². The molecule has 0 spiro atoms. The maximum absolute atomic E-state index is 9.94. The van der Waals surface area contributed by atoms with Gasteiger partial charge in [0.05, 0.1) is 34.5 Å². The number of para-hydroxylation sites is 1. The van der Waals surface area contributed by atoms with Gasteiger partial charge in [0.1, 0.15) is 5.82 Å². The quantitative estimate of drug-likeness (QED) is 0.123. The van der Waals surface area contributed by atoms with Gasteiger partial charge in [0.25, 0.3) is 6.33 Å². The van der Waals surface area contributed by atoms with E-state index in [-0.39, 0.29) is 127 Å². The first kappa shape index (κ1) is 31.7. The molecule has 0 aliphatic carbocycles. The van der Waals surface area contributed by atoms with Crippen LogP contribution in [0.25, 0.3) is 106 Å². The smallest absolute Gasteiger partial charge is 0.268 e. The van der Waals surface area contributed by atoms with Crippen LogP contribution in [0.15, 0.2) is 194 Å². The summed E-state index contributed by atoms with van der Waals surface area (Å²) >= 11 is 0. The molecule has 1 aliphatic rings. The van der Waals surface area contributed by atoms with Crippen LogP contribution in [0.4, 0.5) is 0 Å². The van der Waals surface area contributed by atoms with Gasteiger partial charge in [0.2, 0.25) is 0 Å². The molecule has 0 amide bonds. The molecular weight excluding hydrogens is 1110 g/mol. The number of rotatable bonds is 6. The first-order chi connectivity index (χ1) is 44.1. The molecule has 5 nitrogen and oxygen atoms in total. The Morgan fingerprint density at radius 3 is 1.95 bits per heavy atom. The predicted octanol–water partition coefficient (Wildman–Crippen LogP) is 17.4. The first-order valence-electron chi connectivity index (χ1n) is 33.9. The molecule has 76 heavy (non-hydrogen) atoms. The van der Waals surface area contributed by atoms with Crippen molar-refractivity contribution >= 4 is 32.8 Å². The molecule has 0 radical (unpaired) electrons. The number of nitrogens with zero attached hydrogens (tertiary/aromatic N) is 4. The monoisotopic (exact) mass is 1180 g/mol. The molecule has 9 aromatic carbocycles. The summed E-state index contributed by atoms with van der Waals surface area (Å²) < 4.78 is 186. The summed E-state index contributed by atoms with van der Waals surface area (Å²) in [5.41, 5.74) is -0.482. The van der Waals surface area contributed by atoms with E-state index in [1.165, 1.54) is 45.5 Å². The minimum Gasteiger partial charge on any atom is -0.510 e. The van der Waals surface area contributed by atoms with Crippen LogP contribution in [-0.2, 0) is 31.9 Å². The number of aryl methyl sites for hydroxylation is 2. The Kier molecular flexibility index (Phi) is 7.77. The summed E-state index contributed by atoms with van der Waals surface area (Å²) in [6.07, 6.45) is 5.22. The Balaban J connectivity index is 0.00000864. The third kappa shape index (κ3) is 8.20. The Morgan fingerprint density at radius 1 is 0.566 bits per heavy atom. The standard InChI is InChI=1S/C70H56N4O.Pt/c1-44-20-18-21-45(2)67(44)60-42-63-58(41-61(60)70(6,7)8)54-28-14-12-26-52(54)53-27-13-15-29-55(53)59-36-47(46-22-10-9-11-23-46)37-65-68(59)73(63)43-72(65)49-24-19-25-50(39-49)75-51-32-33-57-56-30-16-17-31-62(56)74(64(57)40-51)66-38-48(34-35-71-66)69(3,4)5;/h9-38,41-42H,1-8H3;/q-2;/i1D3,2D3,9D,10D,11D,12D,13D,14D,15D,22D,23D,26D,27D,28D,29D;. The number of benzene rings is 9. The third-order valence-electron chi connectivity index (χ3n) is 13.8. The molecule has 6 heteroatoms. The van der Waals surface area contributed by atoms with Gasteiger partial charge in [-0.3, -0.25) is 4.57 Å². The van der Waals surface area contributed by atoms with Crippen molar-refractivity contribution < 1.29 is 56.4 Å². The zero-order valence-corrected chi connectivity index (χ0v) is 44.3. The van der Waals surface area contributed by atoms with E-state index >= 15 is 0 Å². The zero-order valence-electron chi connectivity index (χ0n) is 61.0. The number of hydrogen-bond acceptors (Lipinski definition) is 2. The van der Waals surface area contributed by atoms with Crippen molar-refractivity contribution in [2.45, 2.75) is 66.1 Å². The Labute approximate surface area is 486 Å². The normalized spacial score (nSPS) is 16.0. The molecule has 0 bridgehead atoms. The molecule has 0 atom stereocenters. The molecule has 0 saturated heterocycles. The van der Waals surface area contributed by atoms with Crippen LogP contribution < -0.4 is 9.30 Å². The van der Waals surface area contributed by atoms with Crippen molar-refractivity contribution in [1.82, 2.24) is 14.1 Å². The van der Waals surface area contributed by atoms with Crippen molar-refractivity contribution in [3.8, 4) is 84.3 Å². The van der Waals surface area contributed by atoms with Crippen molar-refractivity contribution in [2.75, 3.05) is 0 Å². The van der Waals surface area contributed by atoms with E-state index in [9.17, 15) is 13.7 Å². The summed E-state index contributed by atoms with van der Waals surface area (Å²) in [6.45, 7) is 5.96. The Bertz CT molecular complexity index is 5230. The van der Waals surface area contributed by atoms with Crippen LogP contribution >= 0.6 is 0 Å². The van der Waals surface area contributed by atoms with Gasteiger partial charge in [-0.2, -0.15) is 18.2 Å². The minimum atomic E-state index is -2.92. The fourth-order valence-corrected chi connectivity index (χ4v) is 10.3. The van der Waals surface area contributed by atoms with Gasteiger partial charge in [0, 0.05) is 52.5 Å². The SMILES string of the molecule is [2H]c1c([2H])c([2H])c(-c2cc3c4c(c2)n(-c2[c-]c(Oc5[c-]c6c(cc5)c5ccccc5n6-c5cc(C(C)(C)C)ccn5)ccc2)[c-][n+]4-c2cc(-c4c(C([2H])([2H])[2H])cccc4C([2H])([2H])[2H])c(C(C)(C)C)cc2-c2c([2H])c([2H])c([2H])c([2H])c2-c2c([2H])c([2H])c([2H])c([2H])c2-3)c([2H])c1[2H].[Pt]. The van der Waals surface area contributed by atoms with Crippen molar-refractivity contribution in [3.63, 3.8) is 0 Å². The van der Waals surface area contributed by atoms with E-state index in [1.54, 1.807) is 57.3 Å². The summed E-state index contributed by atoms with van der Waals surface area (Å²) in [7, 11) is 0. The Morgan fingerprint density at radius 2 is 1.24 bits per heavy atom. The molecule has 0 saturated carbocycles. The summed E-state index contributed by atoms with van der Waals surface area (Å²) in [5.74, 6) is 1.09. The van der Waals surface area contributed by atoms with Crippen LogP contribution in [0.1, 0.15) is 89.8 Å². The van der Waals surface area contributed by atoms with E-state index in [4.69, 9.17) is 22.1 Å². The van der Waals surface area contributed by atoms with Gasteiger partial charge in [-0.1, -0.05) is 174 Å². The fourth-order valence-electron chi connectivity index (χ4n) is 10.3. The third-order valence-corrected chi connectivity index (χ3v) is 13.8. The predicted molar refractivity (Wildman–Crippen MR) is 308 cm³/mol. The second-order valence-electron chi connectivity index (χ2n) is 20.6. The average Bonchev–Trinajstić information content (AvgIpc) is 1.67. The molecule has 0 unspecified atom stereocenters. The zero-order chi connectivity index (χ0) is 67.6. The molecule has 0 fully saturated rings. The number of pyridine rings is 1. The topological polar surface area (TPSA) is 35.9 Å². The van der Waals surface area contributed by atoms with Crippen LogP contribution in [-0.4, -0.2) is 14.1 Å². The van der Waals surface area contributed by atoms with E-state index in [2.05, 4.69) is 39.2 Å². The van der Waals surface area contributed by atoms with Gasteiger partial charge in [-0.15, -0.1) is 29.7 Å². The number of hydrogen-bond donors (Lipinski definition) is 0. The molecule has 12 aromatic rings. The van der Waals surface area contributed by atoms with Crippen LogP contribution in [0, 0.1) is 32.2 Å². The van der Waals surface area contributed by atoms with Gasteiger partial charge in [-0.05, 0) is 144 Å². The molecule has 13 rings (SSSR count). The van der Waals surface area contributed by atoms with Crippen molar-refractivity contribution in [2.24, 2.45) is 0 Å². The molecule has 3 aromatic heterocycles. The molecule has 374 valence electrons. The molecular formula is C70H56N4OPt-2. The van der Waals surface area contributed by atoms with E-state index in [0.29, 0.717) is 16.9 Å². The van der Waals surface area contributed by atoms with Crippen molar-refractivity contribution in [1.29, 1.82) is 0 Å². The first-order valence-corrected chi connectivity index (χ1v) is 24.4. The second kappa shape index (κ2) is 18.6. The van der Waals surface area contributed by atoms with E-state index in [0.717, 1.165) is 21.9 Å². The van der Waals surface area contributed by atoms with Crippen LogP contribution in [0.5, 0.6) is 11.5 Å². The summed E-state index contributed by atoms with van der Waals surface area (Å²) in [4.78, 5) is 4.82. The molecule has 0 N–H and O–H groups in total. The van der Waals surface area contributed by atoms with Crippen LogP contribution in [0.3, 0.4) is 0 Å². The van der Waals surface area contributed by atoms with Gasteiger partial charge in [0.15, 0.2) is 0 Å². The van der Waals surface area contributed by atoms with Crippen LogP contribution in [0.2, 0.25) is 0 Å². The number of fused-ring (bicyclic) bond motifs is 10.